The lowest BCUT2D eigenvalue weighted by Gasteiger charge is -2.16. The first kappa shape index (κ1) is 12.6. The molecule has 0 radical (unpaired) electrons. The van der Waals surface area contributed by atoms with Crippen molar-refractivity contribution in [1.82, 2.24) is 15.0 Å². The van der Waals surface area contributed by atoms with Gasteiger partial charge in [0.05, 0.1) is 0 Å². The molecule has 7 heteroatoms. The Kier molecular flexibility index (Phi) is 3.32. The highest BCUT2D eigenvalue weighted by Crippen LogP contribution is 2.20. The van der Waals surface area contributed by atoms with Crippen LogP contribution in [0.25, 0.3) is 0 Å². The third-order valence-corrected chi connectivity index (χ3v) is 3.11. The predicted octanol–water partition coefficient (Wildman–Crippen LogP) is 1.94. The largest absolute Gasteiger partial charge is 0.368 e. The molecule has 104 valence electrons. The van der Waals surface area contributed by atoms with Crippen LogP contribution in [0.3, 0.4) is 0 Å². The molecule has 3 rings (SSSR count). The van der Waals surface area contributed by atoms with Gasteiger partial charge >= 0.3 is 0 Å². The highest BCUT2D eigenvalue weighted by Gasteiger charge is 2.16. The summed E-state index contributed by atoms with van der Waals surface area (Å²) in [5.74, 6) is 0.719. The zero-order valence-electron chi connectivity index (χ0n) is 10.9. The number of anilines is 4. The third-order valence-electron chi connectivity index (χ3n) is 3.11. The molecule has 1 aromatic heterocycles. The minimum atomic E-state index is -0.322. The fourth-order valence-electron chi connectivity index (χ4n) is 2.19. The molecule has 0 spiro atoms. The molecule has 0 amide bonds. The molecule has 0 saturated carbocycles. The van der Waals surface area contributed by atoms with Crippen LogP contribution in [0, 0.1) is 5.82 Å². The Balaban J connectivity index is 1.85. The molecule has 3 N–H and O–H groups in total. The van der Waals surface area contributed by atoms with Crippen LogP contribution in [0.15, 0.2) is 24.3 Å². The Labute approximate surface area is 115 Å². The standard InChI is InChI=1S/C13H15FN6/c14-9-4-3-5-10(8-9)16-12-17-11(15)18-13(19-12)20-6-1-2-7-20/h3-5,8H,1-2,6-7H2,(H3,15,16,17,18,19). The summed E-state index contributed by atoms with van der Waals surface area (Å²) < 4.78 is 13.1. The normalized spacial score (nSPS) is 14.6. The molecular weight excluding hydrogens is 259 g/mol. The minimum Gasteiger partial charge on any atom is -0.368 e. The number of nitrogens with two attached hydrogens (primary N) is 1. The number of hydrogen-bond donors (Lipinski definition) is 2. The number of halogens is 1. The van der Waals surface area contributed by atoms with Gasteiger partial charge in [-0.05, 0) is 31.0 Å². The van der Waals surface area contributed by atoms with E-state index >= 15 is 0 Å². The molecule has 1 aromatic carbocycles. The van der Waals surface area contributed by atoms with Crippen LogP contribution in [0.5, 0.6) is 0 Å². The van der Waals surface area contributed by atoms with Gasteiger partial charge in [0, 0.05) is 18.8 Å². The Morgan fingerprint density at radius 3 is 2.70 bits per heavy atom. The number of nitrogens with zero attached hydrogens (tertiary/aromatic N) is 4. The third kappa shape index (κ3) is 2.76. The summed E-state index contributed by atoms with van der Waals surface area (Å²) in [5, 5.41) is 2.94. The smallest absolute Gasteiger partial charge is 0.233 e. The van der Waals surface area contributed by atoms with Gasteiger partial charge in [0.15, 0.2) is 0 Å². The fraction of sp³-hybridized carbons (Fsp3) is 0.308. The molecule has 0 bridgehead atoms. The van der Waals surface area contributed by atoms with Crippen molar-refractivity contribution in [3.8, 4) is 0 Å². The van der Waals surface area contributed by atoms with Crippen molar-refractivity contribution in [2.75, 3.05) is 29.0 Å². The van der Waals surface area contributed by atoms with Gasteiger partial charge in [-0.25, -0.2) is 4.39 Å². The van der Waals surface area contributed by atoms with E-state index in [2.05, 4.69) is 25.2 Å². The SMILES string of the molecule is Nc1nc(Nc2cccc(F)c2)nc(N2CCCC2)n1. The summed E-state index contributed by atoms with van der Waals surface area (Å²) >= 11 is 0. The summed E-state index contributed by atoms with van der Waals surface area (Å²) in [4.78, 5) is 14.6. The van der Waals surface area contributed by atoms with Crippen LogP contribution in [-0.4, -0.2) is 28.0 Å². The van der Waals surface area contributed by atoms with Gasteiger partial charge in [0.25, 0.3) is 0 Å². The van der Waals surface area contributed by atoms with E-state index < -0.39 is 0 Å². The Hall–Kier alpha value is -2.44. The van der Waals surface area contributed by atoms with Crippen molar-refractivity contribution >= 4 is 23.5 Å². The molecule has 1 fully saturated rings. The van der Waals surface area contributed by atoms with Gasteiger partial charge in [0.2, 0.25) is 17.8 Å². The minimum absolute atomic E-state index is 0.154. The Bertz CT molecular complexity index is 612. The first-order chi connectivity index (χ1) is 9.70. The van der Waals surface area contributed by atoms with Gasteiger partial charge in [-0.2, -0.15) is 15.0 Å². The summed E-state index contributed by atoms with van der Waals surface area (Å²) in [6.07, 6.45) is 2.25. The molecule has 0 unspecified atom stereocenters. The lowest BCUT2D eigenvalue weighted by atomic mass is 10.3. The van der Waals surface area contributed by atoms with E-state index in [9.17, 15) is 4.39 Å². The molecular formula is C13H15FN6. The van der Waals surface area contributed by atoms with E-state index in [4.69, 9.17) is 5.73 Å². The summed E-state index contributed by atoms with van der Waals surface area (Å²) in [6, 6.07) is 6.10. The molecule has 6 nitrogen and oxygen atoms in total. The average Bonchev–Trinajstić information content (AvgIpc) is 2.91. The number of aromatic nitrogens is 3. The van der Waals surface area contributed by atoms with Crippen LogP contribution in [0.2, 0.25) is 0 Å². The zero-order chi connectivity index (χ0) is 13.9. The Morgan fingerprint density at radius 1 is 1.15 bits per heavy atom. The number of rotatable bonds is 3. The maximum absolute atomic E-state index is 13.1. The van der Waals surface area contributed by atoms with E-state index in [1.54, 1.807) is 12.1 Å². The lowest BCUT2D eigenvalue weighted by molar-refractivity contribution is 0.628. The topological polar surface area (TPSA) is 80.0 Å². The summed E-state index contributed by atoms with van der Waals surface area (Å²) in [5.41, 5.74) is 6.28. The summed E-state index contributed by atoms with van der Waals surface area (Å²) in [7, 11) is 0. The van der Waals surface area contributed by atoms with Crippen LogP contribution in [-0.2, 0) is 0 Å². The first-order valence-electron chi connectivity index (χ1n) is 6.50. The second kappa shape index (κ2) is 5.28. The quantitative estimate of drug-likeness (QED) is 0.890. The van der Waals surface area contributed by atoms with E-state index in [0.717, 1.165) is 25.9 Å². The average molecular weight is 274 g/mol. The molecule has 0 atom stereocenters. The van der Waals surface area contributed by atoms with Gasteiger partial charge in [-0.3, -0.25) is 0 Å². The van der Waals surface area contributed by atoms with Crippen LogP contribution >= 0.6 is 0 Å². The molecule has 1 aliphatic heterocycles. The van der Waals surface area contributed by atoms with Crippen molar-refractivity contribution < 1.29 is 4.39 Å². The van der Waals surface area contributed by atoms with E-state index in [0.29, 0.717) is 17.6 Å². The highest BCUT2D eigenvalue weighted by atomic mass is 19.1. The van der Waals surface area contributed by atoms with Gasteiger partial charge in [-0.1, -0.05) is 6.07 Å². The van der Waals surface area contributed by atoms with Gasteiger partial charge in [-0.15, -0.1) is 0 Å². The highest BCUT2D eigenvalue weighted by molar-refractivity contribution is 5.55. The molecule has 1 aliphatic rings. The molecule has 20 heavy (non-hydrogen) atoms. The molecule has 1 saturated heterocycles. The molecule has 0 aliphatic carbocycles. The van der Waals surface area contributed by atoms with Gasteiger partial charge < -0.3 is 16.0 Å². The van der Waals surface area contributed by atoms with Crippen LogP contribution in [0.4, 0.5) is 27.9 Å². The van der Waals surface area contributed by atoms with Crippen molar-refractivity contribution in [2.45, 2.75) is 12.8 Å². The van der Waals surface area contributed by atoms with E-state index in [1.165, 1.54) is 12.1 Å². The second-order valence-electron chi connectivity index (χ2n) is 4.65. The zero-order valence-corrected chi connectivity index (χ0v) is 10.9. The van der Waals surface area contributed by atoms with Crippen molar-refractivity contribution in [2.24, 2.45) is 0 Å². The Morgan fingerprint density at radius 2 is 1.95 bits per heavy atom. The lowest BCUT2D eigenvalue weighted by Crippen LogP contribution is -2.21. The van der Waals surface area contributed by atoms with Crippen molar-refractivity contribution in [3.05, 3.63) is 30.1 Å². The van der Waals surface area contributed by atoms with E-state index in [-0.39, 0.29) is 11.8 Å². The van der Waals surface area contributed by atoms with Crippen LogP contribution in [0.1, 0.15) is 12.8 Å². The van der Waals surface area contributed by atoms with Crippen LogP contribution < -0.4 is 16.0 Å². The number of nitrogen functional groups attached to an aromatic ring is 1. The maximum Gasteiger partial charge on any atom is 0.233 e. The summed E-state index contributed by atoms with van der Waals surface area (Å²) in [6.45, 7) is 1.84. The predicted molar refractivity (Wildman–Crippen MR) is 75.4 cm³/mol. The molecule has 2 heterocycles. The second-order valence-corrected chi connectivity index (χ2v) is 4.65. The first-order valence-corrected chi connectivity index (χ1v) is 6.50. The van der Waals surface area contributed by atoms with Gasteiger partial charge in [0.1, 0.15) is 5.82 Å². The number of benzene rings is 1. The van der Waals surface area contributed by atoms with Crippen molar-refractivity contribution in [3.63, 3.8) is 0 Å². The number of hydrogen-bond acceptors (Lipinski definition) is 6. The van der Waals surface area contributed by atoms with Crippen molar-refractivity contribution in [1.29, 1.82) is 0 Å². The maximum atomic E-state index is 13.1. The van der Waals surface area contributed by atoms with E-state index in [1.807, 2.05) is 0 Å². The number of nitrogens with one attached hydrogen (secondary N) is 1. The monoisotopic (exact) mass is 274 g/mol. The molecule has 2 aromatic rings. The fourth-order valence-corrected chi connectivity index (χ4v) is 2.19.